The van der Waals surface area contributed by atoms with E-state index < -0.39 is 0 Å². The van der Waals surface area contributed by atoms with E-state index in [0.717, 1.165) is 17.8 Å². The van der Waals surface area contributed by atoms with Gasteiger partial charge in [0, 0.05) is 5.92 Å². The highest BCUT2D eigenvalue weighted by Gasteiger charge is 2.67. The fraction of sp³-hybridized carbons (Fsp3) is 0.727. The van der Waals surface area contributed by atoms with Crippen molar-refractivity contribution in [1.82, 2.24) is 0 Å². The van der Waals surface area contributed by atoms with Gasteiger partial charge in [0.1, 0.15) is 0 Å². The molecule has 0 saturated heterocycles. The third-order valence-electron chi connectivity index (χ3n) is 4.84. The van der Waals surface area contributed by atoms with E-state index >= 15 is 0 Å². The van der Waals surface area contributed by atoms with Crippen LogP contribution in [0.4, 0.5) is 0 Å². The van der Waals surface area contributed by atoms with Crippen LogP contribution < -0.4 is 0 Å². The number of rotatable bonds is 0. The zero-order chi connectivity index (χ0) is 8.74. The molecule has 2 heteroatoms. The van der Waals surface area contributed by atoms with Gasteiger partial charge in [-0.2, -0.15) is 0 Å². The summed E-state index contributed by atoms with van der Waals surface area (Å²) in [5, 5.41) is 0. The summed E-state index contributed by atoms with van der Waals surface area (Å²) >= 11 is 3.60. The van der Waals surface area contributed by atoms with E-state index in [1.807, 2.05) is 0 Å². The van der Waals surface area contributed by atoms with Gasteiger partial charge in [0.15, 0.2) is 5.78 Å². The molecule has 4 aliphatic carbocycles. The number of Topliss-reactive ketones (excluding diaryl/α,β-unsaturated/α-hetero) is 1. The lowest BCUT2D eigenvalue weighted by atomic mass is 9.79. The first-order valence-corrected chi connectivity index (χ1v) is 6.07. The Kier molecular flexibility index (Phi) is 1.08. The molecule has 0 heterocycles. The minimum Gasteiger partial charge on any atom is -0.298 e. The fourth-order valence-electron chi connectivity index (χ4n) is 4.53. The average Bonchev–Trinajstić information content (AvgIpc) is 2.70. The van der Waals surface area contributed by atoms with Crippen molar-refractivity contribution in [3.8, 4) is 0 Å². The molecule has 4 rings (SSSR count). The van der Waals surface area contributed by atoms with Crippen molar-refractivity contribution < 1.29 is 4.79 Å². The second-order valence-electron chi connectivity index (χ2n) is 5.01. The van der Waals surface area contributed by atoms with Gasteiger partial charge in [-0.1, -0.05) is 28.1 Å². The highest BCUT2D eigenvalue weighted by Crippen LogP contribution is 2.68. The quantitative estimate of drug-likeness (QED) is 0.467. The summed E-state index contributed by atoms with van der Waals surface area (Å²) in [6.45, 7) is 0. The number of carbonyl (C=O) groups excluding carboxylic acids is 1. The Morgan fingerprint density at radius 2 is 2.00 bits per heavy atom. The molecule has 0 N–H and O–H groups in total. The lowest BCUT2D eigenvalue weighted by Gasteiger charge is -2.25. The number of halogens is 1. The van der Waals surface area contributed by atoms with Gasteiger partial charge in [-0.05, 0) is 36.0 Å². The minimum absolute atomic E-state index is 0.187. The van der Waals surface area contributed by atoms with Gasteiger partial charge in [0.2, 0.25) is 0 Å². The summed E-state index contributed by atoms with van der Waals surface area (Å²) in [7, 11) is 0. The van der Waals surface area contributed by atoms with Crippen molar-refractivity contribution in [3.05, 3.63) is 12.2 Å². The zero-order valence-corrected chi connectivity index (χ0v) is 8.78. The van der Waals surface area contributed by atoms with E-state index in [2.05, 4.69) is 28.1 Å². The van der Waals surface area contributed by atoms with Crippen molar-refractivity contribution in [2.75, 3.05) is 0 Å². The van der Waals surface area contributed by atoms with Crippen molar-refractivity contribution in [3.63, 3.8) is 0 Å². The molecule has 0 unspecified atom stereocenters. The maximum absolute atomic E-state index is 11.9. The summed E-state index contributed by atoms with van der Waals surface area (Å²) in [5.41, 5.74) is 0. The van der Waals surface area contributed by atoms with E-state index in [4.69, 9.17) is 0 Å². The van der Waals surface area contributed by atoms with Gasteiger partial charge in [-0.25, -0.2) is 0 Å². The number of alkyl halides is 1. The highest BCUT2D eigenvalue weighted by molar-refractivity contribution is 9.10. The normalized spacial score (nSPS) is 65.6. The van der Waals surface area contributed by atoms with Gasteiger partial charge in [-0.3, -0.25) is 4.79 Å². The highest BCUT2D eigenvalue weighted by atomic mass is 79.9. The third kappa shape index (κ3) is 0.577. The van der Waals surface area contributed by atoms with Gasteiger partial charge in [0.25, 0.3) is 0 Å². The lowest BCUT2D eigenvalue weighted by molar-refractivity contribution is -0.121. The maximum Gasteiger partial charge on any atom is 0.150 e. The number of fused-ring (bicyclic) bond motifs is 2. The number of allylic oxidation sites excluding steroid dienone is 2. The van der Waals surface area contributed by atoms with Crippen molar-refractivity contribution in [1.29, 1.82) is 0 Å². The van der Waals surface area contributed by atoms with Gasteiger partial charge < -0.3 is 0 Å². The van der Waals surface area contributed by atoms with E-state index in [-0.39, 0.29) is 4.83 Å². The molecule has 3 saturated carbocycles. The third-order valence-corrected chi connectivity index (χ3v) is 5.90. The second-order valence-corrected chi connectivity index (χ2v) is 6.00. The summed E-state index contributed by atoms with van der Waals surface area (Å²) < 4.78 is 0. The van der Waals surface area contributed by atoms with Crippen LogP contribution in [0.15, 0.2) is 12.2 Å². The first-order valence-electron chi connectivity index (χ1n) is 5.15. The van der Waals surface area contributed by atoms with Crippen LogP contribution in [0, 0.1) is 35.5 Å². The van der Waals surface area contributed by atoms with E-state index in [9.17, 15) is 4.79 Å². The molecule has 13 heavy (non-hydrogen) atoms. The lowest BCUT2D eigenvalue weighted by Crippen LogP contribution is -2.24. The predicted octanol–water partition coefficient (Wildman–Crippen LogP) is 2.02. The van der Waals surface area contributed by atoms with Crippen LogP contribution in [0.1, 0.15) is 6.42 Å². The van der Waals surface area contributed by atoms with Crippen LogP contribution in [0.3, 0.4) is 0 Å². The van der Waals surface area contributed by atoms with Crippen molar-refractivity contribution in [2.45, 2.75) is 11.2 Å². The van der Waals surface area contributed by atoms with E-state index in [1.165, 1.54) is 6.42 Å². The first-order chi connectivity index (χ1) is 6.29. The van der Waals surface area contributed by atoms with Crippen LogP contribution in [0.2, 0.25) is 0 Å². The molecule has 2 bridgehead atoms. The number of hydrogen-bond acceptors (Lipinski definition) is 1. The Bertz CT molecular complexity index is 335. The average molecular weight is 239 g/mol. The van der Waals surface area contributed by atoms with Crippen LogP contribution in [0.25, 0.3) is 0 Å². The number of hydrogen-bond donors (Lipinski definition) is 0. The minimum atomic E-state index is 0.187. The molecular formula is C11H11BrO. The van der Waals surface area contributed by atoms with Gasteiger partial charge in [0.05, 0.1) is 4.83 Å². The molecule has 4 aliphatic rings. The predicted molar refractivity (Wildman–Crippen MR) is 52.4 cm³/mol. The Morgan fingerprint density at radius 3 is 2.85 bits per heavy atom. The number of ketones is 1. The smallest absolute Gasteiger partial charge is 0.150 e. The van der Waals surface area contributed by atoms with Crippen LogP contribution in [-0.2, 0) is 4.79 Å². The van der Waals surface area contributed by atoms with E-state index in [0.29, 0.717) is 23.5 Å². The molecule has 0 aromatic carbocycles. The summed E-state index contributed by atoms with van der Waals surface area (Å²) in [4.78, 5) is 12.1. The molecule has 0 aromatic heterocycles. The Balaban J connectivity index is 1.96. The van der Waals surface area contributed by atoms with Crippen molar-refractivity contribution in [2.24, 2.45) is 35.5 Å². The second kappa shape index (κ2) is 1.95. The zero-order valence-electron chi connectivity index (χ0n) is 7.19. The summed E-state index contributed by atoms with van der Waals surface area (Å²) in [6.07, 6.45) is 6.04. The van der Waals surface area contributed by atoms with Gasteiger partial charge in [-0.15, -0.1) is 0 Å². The Morgan fingerprint density at radius 1 is 1.23 bits per heavy atom. The van der Waals surface area contributed by atoms with Crippen molar-refractivity contribution >= 4 is 21.7 Å². The number of carbonyl (C=O) groups is 1. The molecule has 0 aliphatic heterocycles. The summed E-state index contributed by atoms with van der Waals surface area (Å²) in [5.74, 6) is 4.49. The van der Waals surface area contributed by atoms with Crippen LogP contribution >= 0.6 is 15.9 Å². The largest absolute Gasteiger partial charge is 0.298 e. The summed E-state index contributed by atoms with van der Waals surface area (Å²) in [6, 6.07) is 0. The molecular weight excluding hydrogens is 228 g/mol. The van der Waals surface area contributed by atoms with Crippen LogP contribution in [-0.4, -0.2) is 10.6 Å². The molecule has 68 valence electrons. The molecule has 3 fully saturated rings. The standard InChI is InChI=1S/C11H11BrO/c12-10-8-4-1-2-5-6(4)3-7(8)9(5)11(10)13/h1-2,4-10H,3H2/t4-,5+,6+,7-,8-,9-,10-/m1/s1. The molecule has 1 nitrogen and oxygen atoms in total. The SMILES string of the molecule is O=C1[C@@H]2[C@H]3C=C[C@@H]4[C@@H]3C[C@@H]2[C@@H]4[C@H]1Br. The Hall–Kier alpha value is -0.110. The molecule has 0 radical (unpaired) electrons. The maximum atomic E-state index is 11.9. The fourth-order valence-corrected chi connectivity index (χ4v) is 5.58. The van der Waals surface area contributed by atoms with Crippen LogP contribution in [0.5, 0.6) is 0 Å². The molecule has 0 aromatic rings. The van der Waals surface area contributed by atoms with Gasteiger partial charge >= 0.3 is 0 Å². The molecule has 0 spiro atoms. The Labute approximate surface area is 85.7 Å². The van der Waals surface area contributed by atoms with E-state index in [1.54, 1.807) is 0 Å². The molecule has 0 amide bonds. The topological polar surface area (TPSA) is 17.1 Å². The first kappa shape index (κ1) is 7.22. The monoisotopic (exact) mass is 238 g/mol. The molecule has 7 atom stereocenters.